The van der Waals surface area contributed by atoms with Crippen LogP contribution < -0.4 is 0 Å². The van der Waals surface area contributed by atoms with Gasteiger partial charge in [0.1, 0.15) is 12.2 Å². The molecule has 1 saturated heterocycles. The predicted molar refractivity (Wildman–Crippen MR) is 144 cm³/mol. The van der Waals surface area contributed by atoms with Crippen molar-refractivity contribution in [3.63, 3.8) is 0 Å². The van der Waals surface area contributed by atoms with Gasteiger partial charge >= 0.3 is 5.97 Å². The molecule has 2 aliphatic rings. The number of benzene rings is 4. The predicted octanol–water partition coefficient (Wildman–Crippen LogP) is 7.83. The molecular weight excluding hydrogens is 476 g/mol. The van der Waals surface area contributed by atoms with Crippen LogP contribution in [0.2, 0.25) is 0 Å². The van der Waals surface area contributed by atoms with Crippen molar-refractivity contribution in [2.24, 2.45) is 10.2 Å². The standard InChI is InChI=1S/C32H28N2O4/c1-21-16-17-25(31(35)36-2)20-27(21)34-33-26-15-9-14-22-18-19-32(28(22)26)37-29(23-10-5-3-6-11-23)30(38-32)24-12-7-4-8-13-24/h3-17,20,29-30H,18-19H2,1-2H3/t29-,30-/m0/s1. The number of methoxy groups -OCH3 is 1. The van der Waals surface area contributed by atoms with E-state index >= 15 is 0 Å². The minimum atomic E-state index is -0.936. The third-order valence-corrected chi connectivity index (χ3v) is 7.29. The van der Waals surface area contributed by atoms with Gasteiger partial charge in [0, 0.05) is 12.0 Å². The summed E-state index contributed by atoms with van der Waals surface area (Å²) >= 11 is 0. The van der Waals surface area contributed by atoms with E-state index in [2.05, 4.69) is 40.6 Å². The van der Waals surface area contributed by atoms with Crippen LogP contribution in [0.4, 0.5) is 11.4 Å². The fourth-order valence-electron chi connectivity index (χ4n) is 5.38. The molecule has 6 nitrogen and oxygen atoms in total. The molecule has 0 amide bonds. The molecule has 38 heavy (non-hydrogen) atoms. The molecule has 0 N–H and O–H groups in total. The Bertz CT molecular complexity index is 1450. The van der Waals surface area contributed by atoms with E-state index in [-0.39, 0.29) is 12.2 Å². The maximum Gasteiger partial charge on any atom is 0.337 e. The first kappa shape index (κ1) is 24.2. The van der Waals surface area contributed by atoms with E-state index in [0.717, 1.165) is 34.2 Å². The SMILES string of the molecule is COC(=O)c1ccc(C)c(N=Nc2cccc3c2C2(CC3)O[C@@H](c3ccccc3)[C@H](c3ccccc3)O2)c1. The summed E-state index contributed by atoms with van der Waals surface area (Å²) in [7, 11) is 1.36. The lowest BCUT2D eigenvalue weighted by Crippen LogP contribution is -2.24. The van der Waals surface area contributed by atoms with Gasteiger partial charge in [0.05, 0.1) is 24.0 Å². The molecule has 1 heterocycles. The van der Waals surface area contributed by atoms with Gasteiger partial charge in [-0.05, 0) is 53.8 Å². The van der Waals surface area contributed by atoms with Gasteiger partial charge in [-0.3, -0.25) is 0 Å². The summed E-state index contributed by atoms with van der Waals surface area (Å²) in [6.45, 7) is 1.93. The first-order valence-corrected chi connectivity index (χ1v) is 12.8. The molecule has 1 aliphatic heterocycles. The fourth-order valence-corrected chi connectivity index (χ4v) is 5.38. The van der Waals surface area contributed by atoms with Crippen LogP contribution in [0.25, 0.3) is 0 Å². The number of ether oxygens (including phenoxy) is 3. The summed E-state index contributed by atoms with van der Waals surface area (Å²) in [4.78, 5) is 12.0. The monoisotopic (exact) mass is 504 g/mol. The van der Waals surface area contributed by atoms with E-state index in [9.17, 15) is 4.79 Å². The number of azo groups is 1. The minimum Gasteiger partial charge on any atom is -0.465 e. The zero-order chi connectivity index (χ0) is 26.1. The molecule has 0 bridgehead atoms. The maximum atomic E-state index is 12.0. The zero-order valence-corrected chi connectivity index (χ0v) is 21.3. The van der Waals surface area contributed by atoms with Crippen molar-refractivity contribution in [2.75, 3.05) is 7.11 Å². The van der Waals surface area contributed by atoms with E-state index in [1.807, 2.05) is 61.5 Å². The lowest BCUT2D eigenvalue weighted by atomic mass is 9.99. The van der Waals surface area contributed by atoms with Crippen molar-refractivity contribution in [2.45, 2.75) is 37.8 Å². The van der Waals surface area contributed by atoms with Gasteiger partial charge < -0.3 is 14.2 Å². The number of fused-ring (bicyclic) bond motifs is 2. The molecular formula is C32H28N2O4. The van der Waals surface area contributed by atoms with Crippen molar-refractivity contribution >= 4 is 17.3 Å². The number of carbonyl (C=O) groups excluding carboxylic acids is 1. The largest absolute Gasteiger partial charge is 0.465 e. The van der Waals surface area contributed by atoms with Crippen molar-refractivity contribution in [3.05, 3.63) is 130 Å². The molecule has 6 rings (SSSR count). The number of hydrogen-bond acceptors (Lipinski definition) is 6. The molecule has 1 fully saturated rings. The Labute approximate surface area is 221 Å². The molecule has 0 radical (unpaired) electrons. The highest BCUT2D eigenvalue weighted by molar-refractivity contribution is 5.90. The molecule has 2 atom stereocenters. The fraction of sp³-hybridized carbons (Fsp3) is 0.219. The average Bonchev–Trinajstić information content (AvgIpc) is 3.54. The smallest absolute Gasteiger partial charge is 0.337 e. The number of rotatable bonds is 5. The van der Waals surface area contributed by atoms with Gasteiger partial charge in [-0.25, -0.2) is 4.79 Å². The Hall–Kier alpha value is -4.13. The van der Waals surface area contributed by atoms with Gasteiger partial charge in [-0.2, -0.15) is 10.2 Å². The van der Waals surface area contributed by atoms with Crippen LogP contribution in [0.15, 0.2) is 107 Å². The molecule has 0 unspecified atom stereocenters. The first-order valence-electron chi connectivity index (χ1n) is 12.8. The highest BCUT2D eigenvalue weighted by Crippen LogP contribution is 2.58. The summed E-state index contributed by atoms with van der Waals surface area (Å²) in [5.41, 5.74) is 6.85. The number of esters is 1. The summed E-state index contributed by atoms with van der Waals surface area (Å²) in [5.74, 6) is -1.35. The molecule has 4 aromatic carbocycles. The van der Waals surface area contributed by atoms with Crippen molar-refractivity contribution in [3.8, 4) is 0 Å². The topological polar surface area (TPSA) is 69.5 Å². The molecule has 6 heteroatoms. The van der Waals surface area contributed by atoms with Crippen LogP contribution in [0.5, 0.6) is 0 Å². The average molecular weight is 505 g/mol. The van der Waals surface area contributed by atoms with Gasteiger partial charge in [0.25, 0.3) is 0 Å². The Morgan fingerprint density at radius 2 is 1.45 bits per heavy atom. The van der Waals surface area contributed by atoms with Crippen LogP contribution in [0.1, 0.15) is 56.8 Å². The second kappa shape index (κ2) is 9.97. The summed E-state index contributed by atoms with van der Waals surface area (Å²) in [6.07, 6.45) is 0.971. The quantitative estimate of drug-likeness (QED) is 0.205. The van der Waals surface area contributed by atoms with Crippen LogP contribution in [-0.4, -0.2) is 13.1 Å². The van der Waals surface area contributed by atoms with E-state index in [4.69, 9.17) is 14.2 Å². The third kappa shape index (κ3) is 4.32. The van der Waals surface area contributed by atoms with Crippen molar-refractivity contribution in [1.82, 2.24) is 0 Å². The minimum absolute atomic E-state index is 0.270. The van der Waals surface area contributed by atoms with Crippen molar-refractivity contribution < 1.29 is 19.0 Å². The number of aryl methyl sites for hydroxylation is 2. The molecule has 1 aliphatic carbocycles. The van der Waals surface area contributed by atoms with E-state index in [0.29, 0.717) is 23.4 Å². The molecule has 1 spiro atoms. The first-order chi connectivity index (χ1) is 18.6. The highest BCUT2D eigenvalue weighted by Gasteiger charge is 2.54. The van der Waals surface area contributed by atoms with Gasteiger partial charge in [-0.15, -0.1) is 0 Å². The van der Waals surface area contributed by atoms with E-state index in [1.54, 1.807) is 12.1 Å². The lowest BCUT2D eigenvalue weighted by molar-refractivity contribution is -0.183. The van der Waals surface area contributed by atoms with Crippen LogP contribution >= 0.6 is 0 Å². The van der Waals surface area contributed by atoms with Gasteiger partial charge in [0.2, 0.25) is 0 Å². The van der Waals surface area contributed by atoms with E-state index < -0.39 is 11.8 Å². The Morgan fingerprint density at radius 1 is 0.816 bits per heavy atom. The highest BCUT2D eigenvalue weighted by atomic mass is 16.8. The zero-order valence-electron chi connectivity index (χ0n) is 21.3. The van der Waals surface area contributed by atoms with Gasteiger partial charge in [-0.1, -0.05) is 78.9 Å². The number of hydrogen-bond donors (Lipinski definition) is 0. The van der Waals surface area contributed by atoms with Crippen LogP contribution in [0.3, 0.4) is 0 Å². The Balaban J connectivity index is 1.40. The molecule has 4 aromatic rings. The Morgan fingerprint density at radius 3 is 2.08 bits per heavy atom. The van der Waals surface area contributed by atoms with E-state index in [1.165, 1.54) is 7.11 Å². The van der Waals surface area contributed by atoms with Gasteiger partial charge in [0.15, 0.2) is 5.79 Å². The Kier molecular flexibility index (Phi) is 6.35. The number of carbonyl (C=O) groups is 1. The second-order valence-corrected chi connectivity index (χ2v) is 9.66. The summed E-state index contributed by atoms with van der Waals surface area (Å²) in [6, 6.07) is 31.8. The van der Waals surface area contributed by atoms with Crippen LogP contribution in [-0.2, 0) is 26.4 Å². The molecule has 0 saturated carbocycles. The molecule has 0 aromatic heterocycles. The number of nitrogens with zero attached hydrogens (tertiary/aromatic N) is 2. The summed E-state index contributed by atoms with van der Waals surface area (Å²) in [5, 5.41) is 9.21. The normalized spacial score (nSPS) is 19.6. The lowest BCUT2D eigenvalue weighted by Gasteiger charge is -2.25. The van der Waals surface area contributed by atoms with Crippen LogP contribution in [0, 0.1) is 6.92 Å². The summed E-state index contributed by atoms with van der Waals surface area (Å²) < 4.78 is 18.6. The molecule has 190 valence electrons. The van der Waals surface area contributed by atoms with Crippen molar-refractivity contribution in [1.29, 1.82) is 0 Å². The third-order valence-electron chi connectivity index (χ3n) is 7.29. The second-order valence-electron chi connectivity index (χ2n) is 9.66. The maximum absolute atomic E-state index is 12.0.